The molecule has 14 heteroatoms. The van der Waals surface area contributed by atoms with Gasteiger partial charge in [0.2, 0.25) is 5.91 Å². The van der Waals surface area contributed by atoms with Gasteiger partial charge >= 0.3 is 6.09 Å². The Labute approximate surface area is 260 Å². The van der Waals surface area contributed by atoms with Crippen molar-refractivity contribution in [1.29, 1.82) is 0 Å². The summed E-state index contributed by atoms with van der Waals surface area (Å²) in [5, 5.41) is 12.8. The normalized spacial score (nSPS) is 17.3. The van der Waals surface area contributed by atoms with Crippen molar-refractivity contribution in [3.05, 3.63) is 73.7 Å². The van der Waals surface area contributed by atoms with Gasteiger partial charge in [-0.15, -0.1) is 11.3 Å². The first-order chi connectivity index (χ1) is 20.1. The molecule has 0 unspecified atom stereocenters. The monoisotopic (exact) mass is 658 g/mol. The van der Waals surface area contributed by atoms with Crippen LogP contribution in [0.5, 0.6) is 5.75 Å². The van der Waals surface area contributed by atoms with Gasteiger partial charge in [-0.05, 0) is 43.0 Å². The van der Waals surface area contributed by atoms with E-state index in [1.807, 2.05) is 11.0 Å². The maximum atomic E-state index is 14.3. The zero-order chi connectivity index (χ0) is 30.0. The first-order valence-corrected chi connectivity index (χ1v) is 15.3. The Morgan fingerprint density at radius 3 is 2.69 bits per heavy atom. The van der Waals surface area contributed by atoms with E-state index in [4.69, 9.17) is 39.5 Å². The Bertz CT molecular complexity index is 1470. The van der Waals surface area contributed by atoms with Gasteiger partial charge in [0, 0.05) is 43.2 Å². The van der Waals surface area contributed by atoms with Gasteiger partial charge in [0.05, 0.1) is 27.5 Å². The molecule has 0 bridgehead atoms. The van der Waals surface area contributed by atoms with Crippen LogP contribution in [0.25, 0.3) is 0 Å². The zero-order valence-corrected chi connectivity index (χ0v) is 25.2. The topological polar surface area (TPSA) is 95.0 Å². The van der Waals surface area contributed by atoms with Crippen molar-refractivity contribution in [2.24, 2.45) is 5.92 Å². The lowest BCUT2D eigenvalue weighted by atomic mass is 10.0. The number of benzene rings is 2. The highest BCUT2D eigenvalue weighted by Crippen LogP contribution is 2.35. The summed E-state index contributed by atoms with van der Waals surface area (Å²) in [6, 6.07) is 7.52. The minimum absolute atomic E-state index is 0.0487. The van der Waals surface area contributed by atoms with Crippen LogP contribution in [0.2, 0.25) is 15.1 Å². The van der Waals surface area contributed by atoms with Gasteiger partial charge in [-0.3, -0.25) is 4.79 Å². The minimum Gasteiger partial charge on any atom is -0.482 e. The molecule has 1 aromatic heterocycles. The van der Waals surface area contributed by atoms with Crippen LogP contribution in [-0.2, 0) is 17.8 Å². The second-order valence-electron chi connectivity index (χ2n) is 10.3. The van der Waals surface area contributed by atoms with Crippen LogP contribution in [0, 0.1) is 17.6 Å². The number of nitrogens with zero attached hydrogens (tertiary/aromatic N) is 3. The smallest absolute Gasteiger partial charge is 0.404 e. The van der Waals surface area contributed by atoms with E-state index in [0.29, 0.717) is 34.7 Å². The van der Waals surface area contributed by atoms with Crippen LogP contribution in [0.4, 0.5) is 18.7 Å². The molecule has 1 aliphatic heterocycles. The molecule has 2 fully saturated rings. The number of amides is 2. The Kier molecular flexibility index (Phi) is 9.61. The van der Waals surface area contributed by atoms with E-state index in [9.17, 15) is 23.5 Å². The SMILES string of the molecule is O=C(O)NC[C@H](Cc1cnc(N2CC[C@@H](Oc3c(F)ccc(Cl)c3F)C2)s1)C(=O)N(Cc1cccc(Cl)c1Cl)C1CC1. The van der Waals surface area contributed by atoms with Crippen LogP contribution < -0.4 is 15.0 Å². The van der Waals surface area contributed by atoms with Gasteiger partial charge in [-0.2, -0.15) is 0 Å². The number of hydrogen-bond acceptors (Lipinski definition) is 6. The number of aromatic nitrogens is 1. The number of carbonyl (C=O) groups excluding carboxylic acids is 1. The van der Waals surface area contributed by atoms with Crippen molar-refractivity contribution in [3.8, 4) is 5.75 Å². The van der Waals surface area contributed by atoms with E-state index in [-0.39, 0.29) is 36.5 Å². The molecule has 2 aromatic carbocycles. The molecule has 1 aliphatic carbocycles. The molecule has 2 N–H and O–H groups in total. The van der Waals surface area contributed by atoms with Crippen molar-refractivity contribution in [3.63, 3.8) is 0 Å². The van der Waals surface area contributed by atoms with Gasteiger partial charge in [-0.1, -0.05) is 46.9 Å². The number of rotatable bonds is 11. The number of thiazole rings is 1. The van der Waals surface area contributed by atoms with E-state index in [2.05, 4.69) is 10.3 Å². The molecule has 0 radical (unpaired) electrons. The maximum Gasteiger partial charge on any atom is 0.404 e. The average Bonchev–Trinajstić information content (AvgIpc) is 3.50. The highest BCUT2D eigenvalue weighted by atomic mass is 35.5. The fourth-order valence-electron chi connectivity index (χ4n) is 4.88. The summed E-state index contributed by atoms with van der Waals surface area (Å²) in [6.07, 6.45) is 2.48. The molecular formula is C28H27Cl3F2N4O4S. The Hall–Kier alpha value is -2.86. The molecule has 0 spiro atoms. The molecular weight excluding hydrogens is 633 g/mol. The fourth-order valence-corrected chi connectivity index (χ4v) is 6.43. The Morgan fingerprint density at radius 1 is 1.17 bits per heavy atom. The average molecular weight is 660 g/mol. The van der Waals surface area contributed by atoms with Crippen molar-refractivity contribution in [2.45, 2.75) is 44.4 Å². The highest BCUT2D eigenvalue weighted by molar-refractivity contribution is 7.15. The first kappa shape index (κ1) is 30.6. The summed E-state index contributed by atoms with van der Waals surface area (Å²) in [7, 11) is 0. The Morgan fingerprint density at radius 2 is 1.95 bits per heavy atom. The summed E-state index contributed by atoms with van der Waals surface area (Å²) in [5.74, 6) is -3.11. The molecule has 2 heterocycles. The molecule has 1 saturated heterocycles. The minimum atomic E-state index is -1.22. The van der Waals surface area contributed by atoms with Crippen molar-refractivity contribution >= 4 is 63.3 Å². The van der Waals surface area contributed by atoms with E-state index in [0.717, 1.165) is 35.4 Å². The summed E-state index contributed by atoms with van der Waals surface area (Å²) in [6.45, 7) is 1.12. The lowest BCUT2D eigenvalue weighted by molar-refractivity contribution is -0.136. The summed E-state index contributed by atoms with van der Waals surface area (Å²) in [5.41, 5.74) is 0.720. The van der Waals surface area contributed by atoms with Gasteiger partial charge in [0.1, 0.15) is 6.10 Å². The number of carboxylic acid groups (broad SMARTS) is 1. The third-order valence-corrected chi connectivity index (χ3v) is 9.41. The lowest BCUT2D eigenvalue weighted by Gasteiger charge is -2.28. The molecule has 8 nitrogen and oxygen atoms in total. The van der Waals surface area contributed by atoms with Crippen molar-refractivity contribution in [1.82, 2.24) is 15.2 Å². The quantitative estimate of drug-likeness (QED) is 0.224. The van der Waals surface area contributed by atoms with Crippen LogP contribution in [0.1, 0.15) is 29.7 Å². The summed E-state index contributed by atoms with van der Waals surface area (Å²) >= 11 is 19.7. The van der Waals surface area contributed by atoms with Crippen molar-refractivity contribution < 1.29 is 28.2 Å². The fraction of sp³-hybridized carbons (Fsp3) is 0.393. The molecule has 1 saturated carbocycles. The van der Waals surface area contributed by atoms with Gasteiger partial charge in [0.25, 0.3) is 0 Å². The number of carbonyl (C=O) groups is 2. The molecule has 2 amide bonds. The largest absolute Gasteiger partial charge is 0.482 e. The second kappa shape index (κ2) is 13.2. The predicted octanol–water partition coefficient (Wildman–Crippen LogP) is 6.66. The van der Waals surface area contributed by atoms with Crippen LogP contribution in [0.3, 0.4) is 0 Å². The van der Waals surface area contributed by atoms with E-state index < -0.39 is 35.5 Å². The number of nitrogens with one attached hydrogen (secondary N) is 1. The zero-order valence-electron chi connectivity index (χ0n) is 22.2. The van der Waals surface area contributed by atoms with Crippen LogP contribution in [-0.4, -0.2) is 58.8 Å². The molecule has 2 aliphatic rings. The predicted molar refractivity (Wildman–Crippen MR) is 158 cm³/mol. The first-order valence-electron chi connectivity index (χ1n) is 13.3. The van der Waals surface area contributed by atoms with E-state index in [1.54, 1.807) is 23.2 Å². The summed E-state index contributed by atoms with van der Waals surface area (Å²) < 4.78 is 34.1. The lowest BCUT2D eigenvalue weighted by Crippen LogP contribution is -2.43. The number of hydrogen-bond donors (Lipinski definition) is 2. The molecule has 42 heavy (non-hydrogen) atoms. The molecule has 224 valence electrons. The molecule has 5 rings (SSSR count). The molecule has 3 aromatic rings. The van der Waals surface area contributed by atoms with Gasteiger partial charge in [0.15, 0.2) is 22.5 Å². The van der Waals surface area contributed by atoms with Gasteiger partial charge in [-0.25, -0.2) is 18.6 Å². The highest BCUT2D eigenvalue weighted by Gasteiger charge is 2.37. The second-order valence-corrected chi connectivity index (χ2v) is 12.5. The van der Waals surface area contributed by atoms with E-state index >= 15 is 0 Å². The third kappa shape index (κ3) is 7.19. The number of ether oxygens (including phenoxy) is 1. The standard InChI is InChI=1S/C28H27Cl3F2N4O4S/c29-20-3-1-2-15(23(20)31)13-37(17-4-5-17)26(38)16(11-35-28(39)40)10-19-12-34-27(42-19)36-9-8-18(14-36)41-25-22(32)7-6-21(30)24(25)33/h1-3,6-7,12,16-18,35H,4-5,8-11,13-14H2,(H,39,40)/t16-,18+/m0/s1. The number of anilines is 1. The molecule has 2 atom stereocenters. The maximum absolute atomic E-state index is 14.3. The van der Waals surface area contributed by atoms with Crippen molar-refractivity contribution in [2.75, 3.05) is 24.5 Å². The van der Waals surface area contributed by atoms with Crippen LogP contribution >= 0.6 is 46.1 Å². The Balaban J connectivity index is 1.27. The van der Waals surface area contributed by atoms with Gasteiger partial charge < -0.3 is 25.0 Å². The van der Waals surface area contributed by atoms with E-state index in [1.165, 1.54) is 11.3 Å². The van der Waals surface area contributed by atoms with Crippen LogP contribution in [0.15, 0.2) is 36.5 Å². The summed E-state index contributed by atoms with van der Waals surface area (Å²) in [4.78, 5) is 34.1. The number of halogens is 5. The third-order valence-electron chi connectivity index (χ3n) is 7.18.